The van der Waals surface area contributed by atoms with Gasteiger partial charge in [0.2, 0.25) is 5.91 Å². The van der Waals surface area contributed by atoms with Crippen molar-refractivity contribution in [2.45, 2.75) is 6.04 Å². The lowest BCUT2D eigenvalue weighted by Gasteiger charge is -2.20. The number of benzene rings is 1. The second kappa shape index (κ2) is 7.03. The van der Waals surface area contributed by atoms with Crippen LogP contribution < -0.4 is 10.1 Å². The molecule has 1 saturated heterocycles. The van der Waals surface area contributed by atoms with Crippen LogP contribution in [0.4, 0.5) is 0 Å². The number of nitrogens with one attached hydrogen (secondary N) is 1. The number of nitrogens with zero attached hydrogens (tertiary/aromatic N) is 1. The third kappa shape index (κ3) is 4.30. The fraction of sp³-hybridized carbons (Fsp3) is 0.462. The Balaban J connectivity index is 1.74. The van der Waals surface area contributed by atoms with Gasteiger partial charge in [-0.15, -0.1) is 11.8 Å². The van der Waals surface area contributed by atoms with Gasteiger partial charge in [-0.1, -0.05) is 17.7 Å². The number of thioether (sulfide) groups is 1. The molecule has 1 amide bonds. The molecule has 104 valence electrons. The third-order valence-corrected chi connectivity index (χ3v) is 4.06. The quantitative estimate of drug-likeness (QED) is 0.901. The normalized spacial score (nSPS) is 18.3. The number of rotatable bonds is 5. The van der Waals surface area contributed by atoms with Crippen molar-refractivity contribution in [2.24, 2.45) is 0 Å². The first-order chi connectivity index (χ1) is 9.16. The molecule has 1 aliphatic rings. The third-order valence-electron chi connectivity index (χ3n) is 2.88. The van der Waals surface area contributed by atoms with Crippen LogP contribution in [0.2, 0.25) is 5.02 Å². The van der Waals surface area contributed by atoms with Crippen molar-refractivity contribution in [3.05, 3.63) is 29.3 Å². The lowest BCUT2D eigenvalue weighted by Crippen LogP contribution is -2.44. The van der Waals surface area contributed by atoms with E-state index in [1.807, 2.05) is 12.1 Å². The van der Waals surface area contributed by atoms with Gasteiger partial charge in [0.1, 0.15) is 12.4 Å². The Morgan fingerprint density at radius 2 is 2.47 bits per heavy atom. The van der Waals surface area contributed by atoms with E-state index in [4.69, 9.17) is 16.3 Å². The van der Waals surface area contributed by atoms with Gasteiger partial charge in [0, 0.05) is 23.7 Å². The molecule has 19 heavy (non-hydrogen) atoms. The van der Waals surface area contributed by atoms with Crippen LogP contribution in [0.1, 0.15) is 0 Å². The van der Waals surface area contributed by atoms with Crippen molar-refractivity contribution < 1.29 is 9.53 Å². The van der Waals surface area contributed by atoms with Gasteiger partial charge in [0.05, 0.1) is 12.6 Å². The summed E-state index contributed by atoms with van der Waals surface area (Å²) in [5, 5.41) is 3.81. The number of likely N-dealkylation sites (N-methyl/N-ethyl adjacent to an activating group) is 1. The van der Waals surface area contributed by atoms with E-state index in [0.717, 1.165) is 17.4 Å². The molecule has 0 saturated carbocycles. The smallest absolute Gasteiger partial charge is 0.240 e. The van der Waals surface area contributed by atoms with Crippen LogP contribution in [0.3, 0.4) is 0 Å². The molecular formula is C13H17ClN2O2S. The summed E-state index contributed by atoms with van der Waals surface area (Å²) in [5.41, 5.74) is 0. The lowest BCUT2D eigenvalue weighted by atomic mass is 10.3. The first-order valence-electron chi connectivity index (χ1n) is 6.11. The van der Waals surface area contributed by atoms with Gasteiger partial charge in [-0.3, -0.25) is 10.1 Å². The molecule has 0 bridgehead atoms. The number of carbonyl (C=O) groups excluding carboxylic acids is 1. The molecule has 0 aliphatic carbocycles. The Kier molecular flexibility index (Phi) is 5.36. The molecule has 1 aromatic carbocycles. The van der Waals surface area contributed by atoms with Crippen molar-refractivity contribution >= 4 is 29.3 Å². The lowest BCUT2D eigenvalue weighted by molar-refractivity contribution is -0.131. The molecule has 0 radical (unpaired) electrons. The van der Waals surface area contributed by atoms with E-state index in [1.165, 1.54) is 0 Å². The number of amides is 1. The van der Waals surface area contributed by atoms with Crippen LogP contribution in [0.25, 0.3) is 0 Å². The molecule has 1 N–H and O–H groups in total. The molecule has 1 atom stereocenters. The highest BCUT2D eigenvalue weighted by atomic mass is 35.5. The summed E-state index contributed by atoms with van der Waals surface area (Å²) in [6, 6.07) is 7.20. The van der Waals surface area contributed by atoms with E-state index in [1.54, 1.807) is 35.8 Å². The summed E-state index contributed by atoms with van der Waals surface area (Å²) in [7, 11) is 1.80. The second-order valence-electron chi connectivity index (χ2n) is 4.34. The predicted molar refractivity (Wildman–Crippen MR) is 78.8 cm³/mol. The fourth-order valence-corrected chi connectivity index (χ4v) is 2.90. The molecule has 0 aromatic heterocycles. The number of hydrogen-bond acceptors (Lipinski definition) is 4. The van der Waals surface area contributed by atoms with Crippen molar-refractivity contribution in [1.82, 2.24) is 10.2 Å². The maximum atomic E-state index is 12.0. The van der Waals surface area contributed by atoms with Crippen LogP contribution in [0.15, 0.2) is 24.3 Å². The summed E-state index contributed by atoms with van der Waals surface area (Å²) in [5.74, 6) is 2.55. The minimum absolute atomic E-state index is 0.0545. The van der Waals surface area contributed by atoms with Gasteiger partial charge in [-0.25, -0.2) is 0 Å². The Bertz CT molecular complexity index is 438. The summed E-state index contributed by atoms with van der Waals surface area (Å²) in [6.45, 7) is 1.02. The maximum absolute atomic E-state index is 12.0. The van der Waals surface area contributed by atoms with Crippen LogP contribution in [0, 0.1) is 0 Å². The van der Waals surface area contributed by atoms with Crippen LogP contribution in [0.5, 0.6) is 5.75 Å². The molecule has 1 aliphatic heterocycles. The Labute approximate surface area is 122 Å². The SMILES string of the molecule is CN(CCOc1cccc(Cl)c1)C(=O)C1CSCN1. The zero-order chi connectivity index (χ0) is 13.7. The maximum Gasteiger partial charge on any atom is 0.240 e. The molecule has 1 fully saturated rings. The minimum Gasteiger partial charge on any atom is -0.492 e. The summed E-state index contributed by atoms with van der Waals surface area (Å²) in [4.78, 5) is 13.7. The molecule has 2 rings (SSSR count). The monoisotopic (exact) mass is 300 g/mol. The average Bonchev–Trinajstić information content (AvgIpc) is 2.91. The van der Waals surface area contributed by atoms with Crippen LogP contribution in [-0.2, 0) is 4.79 Å². The Morgan fingerprint density at radius 3 is 3.16 bits per heavy atom. The molecular weight excluding hydrogens is 284 g/mol. The highest BCUT2D eigenvalue weighted by Gasteiger charge is 2.25. The van der Waals surface area contributed by atoms with E-state index in [9.17, 15) is 4.79 Å². The van der Waals surface area contributed by atoms with Crippen LogP contribution >= 0.6 is 23.4 Å². The van der Waals surface area contributed by atoms with Gasteiger partial charge < -0.3 is 9.64 Å². The van der Waals surface area contributed by atoms with Gasteiger partial charge in [-0.2, -0.15) is 0 Å². The Morgan fingerprint density at radius 1 is 1.63 bits per heavy atom. The zero-order valence-electron chi connectivity index (χ0n) is 10.8. The molecule has 0 spiro atoms. The first-order valence-corrected chi connectivity index (χ1v) is 7.64. The minimum atomic E-state index is -0.0545. The number of halogens is 1. The number of carbonyl (C=O) groups is 1. The van der Waals surface area contributed by atoms with Crippen molar-refractivity contribution in [1.29, 1.82) is 0 Å². The standard InChI is InChI=1S/C13H17ClN2O2S/c1-16(13(17)12-8-19-9-15-12)5-6-18-11-4-2-3-10(14)7-11/h2-4,7,12,15H,5-6,8-9H2,1H3. The first kappa shape index (κ1) is 14.5. The zero-order valence-corrected chi connectivity index (χ0v) is 12.3. The van der Waals surface area contributed by atoms with E-state index in [0.29, 0.717) is 18.2 Å². The Hall–Kier alpha value is -0.910. The van der Waals surface area contributed by atoms with Crippen molar-refractivity contribution in [3.8, 4) is 5.75 Å². The second-order valence-corrected chi connectivity index (χ2v) is 5.80. The summed E-state index contributed by atoms with van der Waals surface area (Å²) < 4.78 is 5.57. The average molecular weight is 301 g/mol. The van der Waals surface area contributed by atoms with Crippen molar-refractivity contribution in [2.75, 3.05) is 31.8 Å². The van der Waals surface area contributed by atoms with E-state index in [2.05, 4.69) is 5.32 Å². The molecule has 1 unspecified atom stereocenters. The molecule has 6 heteroatoms. The van der Waals surface area contributed by atoms with E-state index < -0.39 is 0 Å². The van der Waals surface area contributed by atoms with Gasteiger partial charge in [-0.05, 0) is 18.2 Å². The predicted octanol–water partition coefficient (Wildman–Crippen LogP) is 1.84. The van der Waals surface area contributed by atoms with Crippen molar-refractivity contribution in [3.63, 3.8) is 0 Å². The summed E-state index contributed by atoms with van der Waals surface area (Å²) in [6.07, 6.45) is 0. The molecule has 1 heterocycles. The topological polar surface area (TPSA) is 41.6 Å². The number of ether oxygens (including phenoxy) is 1. The number of hydrogen-bond donors (Lipinski definition) is 1. The molecule has 1 aromatic rings. The van der Waals surface area contributed by atoms with Gasteiger partial charge >= 0.3 is 0 Å². The largest absolute Gasteiger partial charge is 0.492 e. The van der Waals surface area contributed by atoms with Gasteiger partial charge in [0.25, 0.3) is 0 Å². The fourth-order valence-electron chi connectivity index (χ4n) is 1.79. The van der Waals surface area contributed by atoms with E-state index >= 15 is 0 Å². The van der Waals surface area contributed by atoms with Gasteiger partial charge in [0.15, 0.2) is 0 Å². The summed E-state index contributed by atoms with van der Waals surface area (Å²) >= 11 is 7.61. The highest BCUT2D eigenvalue weighted by Crippen LogP contribution is 2.17. The molecule has 4 nitrogen and oxygen atoms in total. The highest BCUT2D eigenvalue weighted by molar-refractivity contribution is 7.99. The van der Waals surface area contributed by atoms with Crippen LogP contribution in [-0.4, -0.2) is 48.7 Å². The van der Waals surface area contributed by atoms with E-state index in [-0.39, 0.29) is 11.9 Å².